The smallest absolute Gasteiger partial charge is 0.144 e. The fourth-order valence-corrected chi connectivity index (χ4v) is 2.17. The van der Waals surface area contributed by atoms with Crippen molar-refractivity contribution >= 4 is 36.2 Å². The summed E-state index contributed by atoms with van der Waals surface area (Å²) in [5, 5.41) is 0. The summed E-state index contributed by atoms with van der Waals surface area (Å²) in [6, 6.07) is 3.81. The van der Waals surface area contributed by atoms with Gasteiger partial charge in [0.05, 0.1) is 37.8 Å². The number of anilines is 2. The predicted molar refractivity (Wildman–Crippen MR) is 90.7 cm³/mol. The van der Waals surface area contributed by atoms with Crippen molar-refractivity contribution in [3.05, 3.63) is 12.1 Å². The second-order valence-electron chi connectivity index (χ2n) is 4.32. The minimum Gasteiger partial charge on any atom is -0.492 e. The molecule has 2 rings (SSSR count). The van der Waals surface area contributed by atoms with Crippen molar-refractivity contribution in [2.75, 3.05) is 50.2 Å². The van der Waals surface area contributed by atoms with Gasteiger partial charge in [0.15, 0.2) is 0 Å². The van der Waals surface area contributed by atoms with Gasteiger partial charge in [0.25, 0.3) is 0 Å². The van der Waals surface area contributed by atoms with E-state index < -0.39 is 0 Å². The molecule has 1 aromatic rings. The summed E-state index contributed by atoms with van der Waals surface area (Å²) in [5.74, 6) is 1.53. The van der Waals surface area contributed by atoms with Gasteiger partial charge in [-0.25, -0.2) is 0 Å². The largest absolute Gasteiger partial charge is 0.492 e. The Balaban J connectivity index is 0.00000200. The molecule has 5 nitrogen and oxygen atoms in total. The summed E-state index contributed by atoms with van der Waals surface area (Å²) in [5.41, 5.74) is 7.63. The third-order valence-electron chi connectivity index (χ3n) is 3.04. The Hall–Kier alpha value is -1.04. The van der Waals surface area contributed by atoms with E-state index in [0.717, 1.165) is 37.7 Å². The first-order chi connectivity index (χ1) is 9.26. The van der Waals surface area contributed by atoms with Crippen LogP contribution in [0, 0.1) is 0 Å². The summed E-state index contributed by atoms with van der Waals surface area (Å²) in [4.78, 5) is 2.25. The molecule has 0 atom stereocenters. The normalized spacial score (nSPS) is 13.9. The number of nitrogens with two attached hydrogens (primary N) is 1. The van der Waals surface area contributed by atoms with Crippen LogP contribution >= 0.6 is 24.8 Å². The van der Waals surface area contributed by atoms with E-state index in [4.69, 9.17) is 19.9 Å². The maximum atomic E-state index is 5.99. The molecule has 1 aliphatic rings. The summed E-state index contributed by atoms with van der Waals surface area (Å²) < 4.78 is 16.6. The van der Waals surface area contributed by atoms with Crippen LogP contribution in [0.15, 0.2) is 12.1 Å². The lowest BCUT2D eigenvalue weighted by molar-refractivity contribution is 0.122. The van der Waals surface area contributed by atoms with E-state index in [9.17, 15) is 0 Å². The molecule has 0 aromatic heterocycles. The third kappa shape index (κ3) is 5.02. The Morgan fingerprint density at radius 1 is 1.05 bits per heavy atom. The lowest BCUT2D eigenvalue weighted by Gasteiger charge is -2.30. The first kappa shape index (κ1) is 20.0. The lowest BCUT2D eigenvalue weighted by atomic mass is 10.2. The highest BCUT2D eigenvalue weighted by atomic mass is 35.5. The molecular formula is C14H24Cl2N2O3. The van der Waals surface area contributed by atoms with Crippen LogP contribution in [0.2, 0.25) is 0 Å². The van der Waals surface area contributed by atoms with Crippen molar-refractivity contribution in [3.8, 4) is 11.5 Å². The van der Waals surface area contributed by atoms with Crippen molar-refractivity contribution < 1.29 is 14.2 Å². The van der Waals surface area contributed by atoms with Crippen molar-refractivity contribution in [2.45, 2.75) is 13.8 Å². The molecule has 0 amide bonds. The van der Waals surface area contributed by atoms with Crippen LogP contribution in [-0.4, -0.2) is 39.5 Å². The number of hydrogen-bond acceptors (Lipinski definition) is 5. The number of benzene rings is 1. The van der Waals surface area contributed by atoms with Crippen LogP contribution in [0.3, 0.4) is 0 Å². The molecule has 0 aliphatic carbocycles. The third-order valence-corrected chi connectivity index (χ3v) is 3.04. The second kappa shape index (κ2) is 9.82. The van der Waals surface area contributed by atoms with Crippen LogP contribution < -0.4 is 20.1 Å². The summed E-state index contributed by atoms with van der Waals surface area (Å²) in [6.45, 7) is 8.32. The van der Waals surface area contributed by atoms with Gasteiger partial charge in [0.2, 0.25) is 0 Å². The molecule has 122 valence electrons. The molecule has 1 saturated heterocycles. The fourth-order valence-electron chi connectivity index (χ4n) is 2.17. The molecule has 0 unspecified atom stereocenters. The summed E-state index contributed by atoms with van der Waals surface area (Å²) in [7, 11) is 0. The molecule has 21 heavy (non-hydrogen) atoms. The molecule has 2 N–H and O–H groups in total. The Labute approximate surface area is 138 Å². The zero-order valence-electron chi connectivity index (χ0n) is 12.5. The number of rotatable bonds is 5. The van der Waals surface area contributed by atoms with Crippen molar-refractivity contribution in [1.29, 1.82) is 0 Å². The predicted octanol–water partition coefficient (Wildman–Crippen LogP) is 2.75. The summed E-state index contributed by atoms with van der Waals surface area (Å²) in [6.07, 6.45) is 0. The van der Waals surface area contributed by atoms with Crippen LogP contribution in [0.25, 0.3) is 0 Å². The highest BCUT2D eigenvalue weighted by Gasteiger charge is 2.18. The Morgan fingerprint density at radius 3 is 2.19 bits per heavy atom. The van der Waals surface area contributed by atoms with E-state index in [2.05, 4.69) is 4.90 Å². The number of ether oxygens (including phenoxy) is 3. The van der Waals surface area contributed by atoms with Crippen LogP contribution in [0.1, 0.15) is 13.8 Å². The maximum absolute atomic E-state index is 5.99. The van der Waals surface area contributed by atoms with E-state index in [-0.39, 0.29) is 24.8 Å². The van der Waals surface area contributed by atoms with Gasteiger partial charge in [-0.1, -0.05) is 0 Å². The van der Waals surface area contributed by atoms with Gasteiger partial charge in [0.1, 0.15) is 11.5 Å². The van der Waals surface area contributed by atoms with Crippen LogP contribution in [0.4, 0.5) is 11.4 Å². The Morgan fingerprint density at radius 2 is 1.62 bits per heavy atom. The minimum absolute atomic E-state index is 0. The van der Waals surface area contributed by atoms with Gasteiger partial charge >= 0.3 is 0 Å². The topological polar surface area (TPSA) is 57.0 Å². The highest BCUT2D eigenvalue weighted by molar-refractivity contribution is 5.85. The van der Waals surface area contributed by atoms with Gasteiger partial charge in [0, 0.05) is 25.2 Å². The van der Waals surface area contributed by atoms with Crippen molar-refractivity contribution in [2.24, 2.45) is 0 Å². The van der Waals surface area contributed by atoms with E-state index in [0.29, 0.717) is 24.7 Å². The van der Waals surface area contributed by atoms with E-state index >= 15 is 0 Å². The highest BCUT2D eigenvalue weighted by Crippen LogP contribution is 2.37. The van der Waals surface area contributed by atoms with Gasteiger partial charge in [-0.05, 0) is 13.8 Å². The molecule has 0 saturated carbocycles. The first-order valence-corrected chi connectivity index (χ1v) is 6.78. The Kier molecular flexibility index (Phi) is 9.33. The molecule has 1 fully saturated rings. The molecule has 1 aliphatic heterocycles. The number of hydrogen-bond donors (Lipinski definition) is 1. The lowest BCUT2D eigenvalue weighted by Crippen LogP contribution is -2.36. The molecule has 1 heterocycles. The molecule has 7 heteroatoms. The van der Waals surface area contributed by atoms with Crippen LogP contribution in [0.5, 0.6) is 11.5 Å². The van der Waals surface area contributed by atoms with Crippen LogP contribution in [-0.2, 0) is 4.74 Å². The van der Waals surface area contributed by atoms with E-state index in [1.54, 1.807) is 0 Å². The number of morpholine rings is 1. The monoisotopic (exact) mass is 338 g/mol. The number of halogens is 2. The zero-order valence-corrected chi connectivity index (χ0v) is 14.1. The molecule has 1 aromatic carbocycles. The minimum atomic E-state index is 0. The van der Waals surface area contributed by atoms with Crippen molar-refractivity contribution in [3.63, 3.8) is 0 Å². The van der Waals surface area contributed by atoms with Crippen molar-refractivity contribution in [1.82, 2.24) is 0 Å². The second-order valence-corrected chi connectivity index (χ2v) is 4.32. The maximum Gasteiger partial charge on any atom is 0.144 e. The molecule has 0 bridgehead atoms. The molecular weight excluding hydrogens is 315 g/mol. The zero-order chi connectivity index (χ0) is 13.7. The van der Waals surface area contributed by atoms with E-state index in [1.165, 1.54) is 0 Å². The molecule has 0 radical (unpaired) electrons. The average Bonchev–Trinajstić information content (AvgIpc) is 2.43. The first-order valence-electron chi connectivity index (χ1n) is 6.78. The fraction of sp³-hybridized carbons (Fsp3) is 0.571. The standard InChI is InChI=1S/C14H22N2O3.2ClH/c1-3-18-13-10-12(16-5-7-17-8-6-16)14(19-4-2)9-11(13)15;;/h9-10H,3-8,15H2,1-2H3;2*1H. The van der Waals surface area contributed by atoms with Gasteiger partial charge < -0.3 is 24.8 Å². The Bertz CT molecular complexity index is 427. The number of nitrogens with zero attached hydrogens (tertiary/aromatic N) is 1. The molecule has 0 spiro atoms. The summed E-state index contributed by atoms with van der Waals surface area (Å²) >= 11 is 0. The average molecular weight is 339 g/mol. The SMILES string of the molecule is CCOc1cc(N2CCOCC2)c(OCC)cc1N.Cl.Cl. The quantitative estimate of drug-likeness (QED) is 0.836. The van der Waals surface area contributed by atoms with Gasteiger partial charge in [-0.3, -0.25) is 0 Å². The van der Waals surface area contributed by atoms with E-state index in [1.807, 2.05) is 26.0 Å². The van der Waals surface area contributed by atoms with Gasteiger partial charge in [-0.15, -0.1) is 24.8 Å². The van der Waals surface area contributed by atoms with Gasteiger partial charge in [-0.2, -0.15) is 0 Å². The number of nitrogen functional groups attached to an aromatic ring is 1.